The molecule has 1 aliphatic carbocycles. The summed E-state index contributed by atoms with van der Waals surface area (Å²) in [5, 5.41) is 15.4. The zero-order valence-corrected chi connectivity index (χ0v) is 30.7. The van der Waals surface area contributed by atoms with Crippen molar-refractivity contribution >= 4 is 63.6 Å². The number of hydrogen-bond donors (Lipinski definition) is 3. The van der Waals surface area contributed by atoms with E-state index in [0.29, 0.717) is 17.8 Å². The summed E-state index contributed by atoms with van der Waals surface area (Å²) >= 11 is 9.85. The Hall–Kier alpha value is -4.13. The number of aliphatic hydroxyl groups excluding tert-OH is 1. The minimum absolute atomic E-state index is 0.000975. The van der Waals surface area contributed by atoms with E-state index in [1.54, 1.807) is 30.4 Å². The number of aromatic amines is 1. The number of aromatic nitrogens is 2. The van der Waals surface area contributed by atoms with Crippen molar-refractivity contribution in [2.75, 3.05) is 32.5 Å². The van der Waals surface area contributed by atoms with Gasteiger partial charge in [0.2, 0.25) is 17.3 Å². The summed E-state index contributed by atoms with van der Waals surface area (Å²) in [6, 6.07) is 16.2. The van der Waals surface area contributed by atoms with Crippen LogP contribution in [-0.2, 0) is 9.59 Å². The molecular weight excluding hydrogens is 698 g/mol. The summed E-state index contributed by atoms with van der Waals surface area (Å²) in [4.78, 5) is 51.6. The van der Waals surface area contributed by atoms with E-state index in [0.717, 1.165) is 21.7 Å². The van der Waals surface area contributed by atoms with Crippen LogP contribution in [0.25, 0.3) is 11.0 Å². The van der Waals surface area contributed by atoms with Crippen LogP contribution in [0.5, 0.6) is 17.2 Å². The summed E-state index contributed by atoms with van der Waals surface area (Å²) in [6.07, 6.45) is 4.25. The largest absolute Gasteiger partial charge is 0.507 e. The first-order valence-corrected chi connectivity index (χ1v) is 19.1. The Bertz CT molecular complexity index is 1960. The molecule has 0 saturated carbocycles. The summed E-state index contributed by atoms with van der Waals surface area (Å²) in [6.45, 7) is 1.67. The molecule has 6 rings (SSSR count). The van der Waals surface area contributed by atoms with Gasteiger partial charge in [-0.15, -0.1) is 11.8 Å². The van der Waals surface area contributed by atoms with Gasteiger partial charge in [-0.25, -0.2) is 4.98 Å². The average Bonchev–Trinajstić information content (AvgIpc) is 3.69. The van der Waals surface area contributed by atoms with E-state index >= 15 is 0 Å². The van der Waals surface area contributed by atoms with Gasteiger partial charge in [0.1, 0.15) is 27.9 Å². The van der Waals surface area contributed by atoms with Gasteiger partial charge in [-0.05, 0) is 54.5 Å². The fourth-order valence-electron chi connectivity index (χ4n) is 6.85. The smallest absolute Gasteiger partial charge is 0.231 e. The molecule has 1 spiro atoms. The number of para-hydroxylation sites is 2. The summed E-state index contributed by atoms with van der Waals surface area (Å²) in [5.74, 6) is -1.78. The van der Waals surface area contributed by atoms with Crippen molar-refractivity contribution in [2.45, 2.75) is 48.6 Å². The van der Waals surface area contributed by atoms with Gasteiger partial charge in [0.25, 0.3) is 0 Å². The number of imidazole rings is 1. The molecule has 2 aliphatic rings. The molecule has 4 atom stereocenters. The lowest BCUT2D eigenvalue weighted by Gasteiger charge is -2.38. The van der Waals surface area contributed by atoms with Gasteiger partial charge in [0.15, 0.2) is 17.3 Å². The number of halogens is 1. The third kappa shape index (κ3) is 6.22. The standard InChI is InChI=1S/C37H38ClN3O7S2/c1-19-16-26(42)30(34(44)37(19)35(45)31-27(46-2)18-28(47-3)32(38)33(31)48-37)22(20-10-12-21(50-5)13-11-20)17-29(43)39-25(14-15-49-4)36-40-23-8-6-7-9-24(23)41-36/h6-13,18-19,22,25,44H,14-17H2,1-5H3,(H,39,43)(H,40,41). The van der Waals surface area contributed by atoms with Crippen LogP contribution in [-0.4, -0.2) is 70.6 Å². The summed E-state index contributed by atoms with van der Waals surface area (Å²) < 4.78 is 17.3. The van der Waals surface area contributed by atoms with Crippen LogP contribution in [0.15, 0.2) is 70.8 Å². The maximum atomic E-state index is 14.4. The van der Waals surface area contributed by atoms with E-state index in [1.807, 2.05) is 61.0 Å². The molecule has 0 saturated heterocycles. The molecule has 0 bridgehead atoms. The first-order valence-electron chi connectivity index (χ1n) is 16.1. The molecule has 2 heterocycles. The minimum atomic E-state index is -1.97. The highest BCUT2D eigenvalue weighted by atomic mass is 35.5. The summed E-state index contributed by atoms with van der Waals surface area (Å²) in [5.41, 5.74) is 0.294. The quantitative estimate of drug-likeness (QED) is 0.126. The molecule has 0 fully saturated rings. The molecule has 13 heteroatoms. The number of Topliss-reactive ketones (excluding diaryl/α,β-unsaturated/α-hetero) is 2. The number of rotatable bonds is 12. The molecule has 1 aliphatic heterocycles. The second-order valence-corrected chi connectivity index (χ2v) is 14.6. The number of allylic oxidation sites excluding steroid dienone is 1. The molecule has 50 heavy (non-hydrogen) atoms. The molecule has 1 amide bonds. The van der Waals surface area contributed by atoms with Crippen molar-refractivity contribution < 1.29 is 33.7 Å². The lowest BCUT2D eigenvalue weighted by Crippen LogP contribution is -2.53. The lowest BCUT2D eigenvalue weighted by atomic mass is 9.69. The van der Waals surface area contributed by atoms with Crippen molar-refractivity contribution in [3.05, 3.63) is 87.9 Å². The zero-order valence-electron chi connectivity index (χ0n) is 28.3. The normalized spacial score (nSPS) is 19.8. The zero-order chi connectivity index (χ0) is 35.7. The number of carbonyl (C=O) groups is 3. The number of thioether (sulfide) groups is 2. The van der Waals surface area contributed by atoms with Crippen LogP contribution in [0.2, 0.25) is 5.02 Å². The molecule has 10 nitrogen and oxygen atoms in total. The molecule has 1 aromatic heterocycles. The van der Waals surface area contributed by atoms with Gasteiger partial charge < -0.3 is 29.6 Å². The van der Waals surface area contributed by atoms with Crippen molar-refractivity contribution in [1.29, 1.82) is 0 Å². The number of fused-ring (bicyclic) bond motifs is 2. The third-order valence-corrected chi connectivity index (χ3v) is 11.2. The second kappa shape index (κ2) is 14.6. The molecule has 262 valence electrons. The predicted octanol–water partition coefficient (Wildman–Crippen LogP) is 7.47. The number of H-pyrrole nitrogens is 1. The first kappa shape index (κ1) is 35.7. The Morgan fingerprint density at radius 1 is 1.14 bits per heavy atom. The van der Waals surface area contributed by atoms with Gasteiger partial charge in [0, 0.05) is 41.2 Å². The Kier molecular flexibility index (Phi) is 10.4. The highest BCUT2D eigenvalue weighted by molar-refractivity contribution is 7.98. The number of aliphatic hydroxyl groups is 1. The maximum Gasteiger partial charge on any atom is 0.231 e. The Morgan fingerprint density at radius 2 is 1.86 bits per heavy atom. The maximum absolute atomic E-state index is 14.4. The van der Waals surface area contributed by atoms with E-state index < -0.39 is 35.0 Å². The Morgan fingerprint density at radius 3 is 2.52 bits per heavy atom. The topological polar surface area (TPSA) is 140 Å². The van der Waals surface area contributed by atoms with Crippen LogP contribution in [0.4, 0.5) is 0 Å². The monoisotopic (exact) mass is 735 g/mol. The van der Waals surface area contributed by atoms with Crippen molar-refractivity contribution in [3.63, 3.8) is 0 Å². The van der Waals surface area contributed by atoms with Gasteiger partial charge in [-0.1, -0.05) is 42.8 Å². The van der Waals surface area contributed by atoms with Crippen molar-refractivity contribution in [2.24, 2.45) is 5.92 Å². The first-order chi connectivity index (χ1) is 24.1. The second-order valence-electron chi connectivity index (χ2n) is 12.3. The number of ether oxygens (including phenoxy) is 3. The van der Waals surface area contributed by atoms with Gasteiger partial charge in [-0.2, -0.15) is 11.8 Å². The lowest BCUT2D eigenvalue weighted by molar-refractivity contribution is -0.122. The SMILES string of the molecule is COc1cc(OC)c2c(c1Cl)OC1(C2=O)C(O)=C(C(CC(=O)NC(CCSC)c2nc3ccccc3[nH]2)c2ccc(SC)cc2)C(=O)CC1C. The van der Waals surface area contributed by atoms with Crippen LogP contribution in [0, 0.1) is 5.92 Å². The molecule has 0 radical (unpaired) electrons. The van der Waals surface area contributed by atoms with Crippen LogP contribution in [0.1, 0.15) is 59.9 Å². The van der Waals surface area contributed by atoms with E-state index in [4.69, 9.17) is 30.8 Å². The number of nitrogens with zero attached hydrogens (tertiary/aromatic N) is 1. The summed E-state index contributed by atoms with van der Waals surface area (Å²) in [7, 11) is 2.83. The highest BCUT2D eigenvalue weighted by Crippen LogP contribution is 2.55. The van der Waals surface area contributed by atoms with Crippen LogP contribution in [0.3, 0.4) is 0 Å². The number of amides is 1. The van der Waals surface area contributed by atoms with Crippen molar-refractivity contribution in [3.8, 4) is 17.2 Å². The van der Waals surface area contributed by atoms with Gasteiger partial charge in [-0.3, -0.25) is 14.4 Å². The Balaban J connectivity index is 1.42. The van der Waals surface area contributed by atoms with Gasteiger partial charge in [0.05, 0.1) is 31.3 Å². The minimum Gasteiger partial charge on any atom is -0.507 e. The van der Waals surface area contributed by atoms with Crippen LogP contribution < -0.4 is 19.5 Å². The fraction of sp³-hybridized carbons (Fsp3) is 0.351. The Labute approximate surface area is 303 Å². The molecular formula is C37H38ClN3O7S2. The number of hydrogen-bond acceptors (Lipinski definition) is 10. The highest BCUT2D eigenvalue weighted by Gasteiger charge is 2.61. The number of nitrogens with one attached hydrogen (secondary N) is 2. The van der Waals surface area contributed by atoms with Crippen molar-refractivity contribution in [1.82, 2.24) is 15.3 Å². The van der Waals surface area contributed by atoms with Crippen LogP contribution >= 0.6 is 35.1 Å². The van der Waals surface area contributed by atoms with Gasteiger partial charge >= 0.3 is 0 Å². The molecule has 4 aromatic rings. The van der Waals surface area contributed by atoms with E-state index in [-0.39, 0.29) is 57.9 Å². The number of methoxy groups -OCH3 is 2. The van der Waals surface area contributed by atoms with E-state index in [1.165, 1.54) is 20.3 Å². The fourth-order valence-corrected chi connectivity index (χ4v) is 7.99. The van der Waals surface area contributed by atoms with E-state index in [9.17, 15) is 19.5 Å². The van der Waals surface area contributed by atoms with E-state index in [2.05, 4.69) is 10.3 Å². The molecule has 3 aromatic carbocycles. The predicted molar refractivity (Wildman–Crippen MR) is 196 cm³/mol. The number of carbonyl (C=O) groups excluding carboxylic acids is 3. The number of ketones is 2. The third-order valence-electron chi connectivity index (χ3n) is 9.45. The average molecular weight is 736 g/mol. The number of benzene rings is 3. The molecule has 4 unspecified atom stereocenters. The molecule has 3 N–H and O–H groups in total.